The van der Waals surface area contributed by atoms with Gasteiger partial charge >= 0.3 is 5.97 Å². The standard InChI is InChI=1S/C10H13BrN2O2.ClH/c1-2-15-10(14)6-7(12)8-4-3-5-9(11)13-8;/h3-5,7H,2,6,12H2,1H3;1H/t7-;/m0./s1. The molecule has 0 aliphatic rings. The smallest absolute Gasteiger partial charge is 0.307 e. The molecule has 16 heavy (non-hydrogen) atoms. The fourth-order valence-electron chi connectivity index (χ4n) is 1.13. The number of hydrogen-bond acceptors (Lipinski definition) is 4. The van der Waals surface area contributed by atoms with Gasteiger partial charge in [-0.2, -0.15) is 0 Å². The molecule has 0 radical (unpaired) electrons. The van der Waals surface area contributed by atoms with Crippen molar-refractivity contribution in [3.63, 3.8) is 0 Å². The molecule has 2 N–H and O–H groups in total. The zero-order chi connectivity index (χ0) is 11.3. The average molecular weight is 310 g/mol. The highest BCUT2D eigenvalue weighted by Crippen LogP contribution is 2.15. The highest BCUT2D eigenvalue weighted by molar-refractivity contribution is 9.10. The lowest BCUT2D eigenvalue weighted by atomic mass is 10.1. The summed E-state index contributed by atoms with van der Waals surface area (Å²) in [6, 6.07) is 5.01. The van der Waals surface area contributed by atoms with Crippen LogP contribution in [0.2, 0.25) is 0 Å². The van der Waals surface area contributed by atoms with Crippen LogP contribution in [0.1, 0.15) is 25.1 Å². The molecule has 0 aliphatic carbocycles. The van der Waals surface area contributed by atoms with Crippen molar-refractivity contribution < 1.29 is 9.53 Å². The Morgan fingerprint density at radius 1 is 1.62 bits per heavy atom. The summed E-state index contributed by atoms with van der Waals surface area (Å²) in [5.41, 5.74) is 6.49. The molecule has 0 bridgehead atoms. The van der Waals surface area contributed by atoms with Crippen molar-refractivity contribution in [3.05, 3.63) is 28.5 Å². The van der Waals surface area contributed by atoms with E-state index < -0.39 is 6.04 Å². The van der Waals surface area contributed by atoms with E-state index in [-0.39, 0.29) is 24.8 Å². The molecule has 0 saturated heterocycles. The van der Waals surface area contributed by atoms with E-state index in [2.05, 4.69) is 20.9 Å². The van der Waals surface area contributed by atoms with Gasteiger partial charge in [0.15, 0.2) is 0 Å². The zero-order valence-electron chi connectivity index (χ0n) is 8.85. The Bertz CT molecular complexity index is 349. The molecule has 1 rings (SSSR count). The first-order valence-electron chi connectivity index (χ1n) is 4.67. The van der Waals surface area contributed by atoms with Gasteiger partial charge in [0.1, 0.15) is 4.60 Å². The van der Waals surface area contributed by atoms with Crippen LogP contribution in [-0.4, -0.2) is 17.6 Å². The molecule has 1 heterocycles. The summed E-state index contributed by atoms with van der Waals surface area (Å²) < 4.78 is 5.51. The SMILES string of the molecule is CCOC(=O)C[C@H](N)c1cccc(Br)n1.Cl. The molecule has 0 fully saturated rings. The average Bonchev–Trinajstić information content (AvgIpc) is 2.18. The van der Waals surface area contributed by atoms with Crippen molar-refractivity contribution >= 4 is 34.3 Å². The second-order valence-electron chi connectivity index (χ2n) is 3.00. The first-order valence-corrected chi connectivity index (χ1v) is 5.46. The number of carbonyl (C=O) groups is 1. The zero-order valence-corrected chi connectivity index (χ0v) is 11.3. The fourth-order valence-corrected chi connectivity index (χ4v) is 1.49. The number of aromatic nitrogens is 1. The molecule has 0 aromatic carbocycles. The van der Waals surface area contributed by atoms with Gasteiger partial charge in [0.05, 0.1) is 24.8 Å². The van der Waals surface area contributed by atoms with Crippen molar-refractivity contribution in [1.82, 2.24) is 4.98 Å². The lowest BCUT2D eigenvalue weighted by molar-refractivity contribution is -0.143. The molecular formula is C10H14BrClN2O2. The molecule has 1 aromatic heterocycles. The lowest BCUT2D eigenvalue weighted by Crippen LogP contribution is -2.18. The number of hydrogen-bond donors (Lipinski definition) is 1. The van der Waals surface area contributed by atoms with E-state index in [1.807, 2.05) is 6.07 Å². The van der Waals surface area contributed by atoms with Crippen molar-refractivity contribution in [1.29, 1.82) is 0 Å². The van der Waals surface area contributed by atoms with Gasteiger partial charge in [-0.3, -0.25) is 4.79 Å². The largest absolute Gasteiger partial charge is 0.466 e. The number of rotatable bonds is 4. The Hall–Kier alpha value is -0.650. The first kappa shape index (κ1) is 15.3. The quantitative estimate of drug-likeness (QED) is 0.684. The van der Waals surface area contributed by atoms with E-state index in [4.69, 9.17) is 10.5 Å². The van der Waals surface area contributed by atoms with Gasteiger partial charge in [-0.1, -0.05) is 6.07 Å². The number of pyridine rings is 1. The number of nitrogens with zero attached hydrogens (tertiary/aromatic N) is 1. The molecular weight excluding hydrogens is 295 g/mol. The van der Waals surface area contributed by atoms with Crippen LogP contribution < -0.4 is 5.73 Å². The molecule has 4 nitrogen and oxygen atoms in total. The number of halogens is 2. The van der Waals surface area contributed by atoms with Gasteiger partial charge in [0.25, 0.3) is 0 Å². The summed E-state index contributed by atoms with van der Waals surface area (Å²) in [5.74, 6) is -0.299. The lowest BCUT2D eigenvalue weighted by Gasteiger charge is -2.10. The minimum Gasteiger partial charge on any atom is -0.466 e. The Balaban J connectivity index is 0.00000225. The highest BCUT2D eigenvalue weighted by Gasteiger charge is 2.13. The summed E-state index contributed by atoms with van der Waals surface area (Å²) >= 11 is 3.24. The van der Waals surface area contributed by atoms with Crippen LogP contribution in [0.25, 0.3) is 0 Å². The van der Waals surface area contributed by atoms with Gasteiger partial charge < -0.3 is 10.5 Å². The molecule has 0 amide bonds. The van der Waals surface area contributed by atoms with E-state index in [9.17, 15) is 4.79 Å². The van der Waals surface area contributed by atoms with Gasteiger partial charge in [-0.05, 0) is 35.0 Å². The molecule has 1 atom stereocenters. The van der Waals surface area contributed by atoms with Crippen LogP contribution in [0.4, 0.5) is 0 Å². The summed E-state index contributed by atoms with van der Waals surface area (Å²) in [6.07, 6.45) is 0.150. The highest BCUT2D eigenvalue weighted by atomic mass is 79.9. The van der Waals surface area contributed by atoms with Crippen LogP contribution in [0, 0.1) is 0 Å². The Morgan fingerprint density at radius 2 is 2.31 bits per heavy atom. The Labute approximate surface area is 109 Å². The second kappa shape index (κ2) is 7.60. The molecule has 0 aliphatic heterocycles. The molecule has 0 saturated carbocycles. The number of carbonyl (C=O) groups excluding carboxylic acids is 1. The molecule has 90 valence electrons. The van der Waals surface area contributed by atoms with Crippen molar-refractivity contribution in [3.8, 4) is 0 Å². The van der Waals surface area contributed by atoms with Gasteiger partial charge in [-0.15, -0.1) is 12.4 Å². The predicted octanol–water partition coefficient (Wildman–Crippen LogP) is 2.22. The summed E-state index contributed by atoms with van der Waals surface area (Å²) in [7, 11) is 0. The molecule has 0 spiro atoms. The number of esters is 1. The maximum atomic E-state index is 11.2. The van der Waals surface area contributed by atoms with Gasteiger partial charge in [0, 0.05) is 0 Å². The second-order valence-corrected chi connectivity index (χ2v) is 3.81. The van der Waals surface area contributed by atoms with E-state index in [1.54, 1.807) is 19.1 Å². The van der Waals surface area contributed by atoms with Crippen LogP contribution in [0.3, 0.4) is 0 Å². The van der Waals surface area contributed by atoms with Crippen LogP contribution in [0.5, 0.6) is 0 Å². The Kier molecular flexibility index (Phi) is 7.29. The molecule has 0 unspecified atom stereocenters. The summed E-state index contributed by atoms with van der Waals surface area (Å²) in [6.45, 7) is 2.14. The minimum atomic E-state index is -0.415. The molecule has 6 heteroatoms. The van der Waals surface area contributed by atoms with Gasteiger partial charge in [0.2, 0.25) is 0 Å². The maximum absolute atomic E-state index is 11.2. The van der Waals surface area contributed by atoms with Crippen molar-refractivity contribution in [2.24, 2.45) is 5.73 Å². The van der Waals surface area contributed by atoms with Crippen LogP contribution >= 0.6 is 28.3 Å². The van der Waals surface area contributed by atoms with Gasteiger partial charge in [-0.25, -0.2) is 4.98 Å². The Morgan fingerprint density at radius 3 is 2.88 bits per heavy atom. The van der Waals surface area contributed by atoms with Crippen LogP contribution in [-0.2, 0) is 9.53 Å². The van der Waals surface area contributed by atoms with Crippen molar-refractivity contribution in [2.75, 3.05) is 6.61 Å². The van der Waals surface area contributed by atoms with E-state index in [0.717, 1.165) is 0 Å². The third-order valence-corrected chi connectivity index (χ3v) is 2.25. The molecule has 1 aromatic rings. The van der Waals surface area contributed by atoms with Crippen molar-refractivity contribution in [2.45, 2.75) is 19.4 Å². The summed E-state index contributed by atoms with van der Waals surface area (Å²) in [4.78, 5) is 15.3. The minimum absolute atomic E-state index is 0. The summed E-state index contributed by atoms with van der Waals surface area (Å²) in [5, 5.41) is 0. The van der Waals surface area contributed by atoms with E-state index in [1.165, 1.54) is 0 Å². The number of ether oxygens (including phenoxy) is 1. The predicted molar refractivity (Wildman–Crippen MR) is 67.4 cm³/mol. The normalized spacial score (nSPS) is 11.4. The van der Waals surface area contributed by atoms with E-state index >= 15 is 0 Å². The van der Waals surface area contributed by atoms with Crippen LogP contribution in [0.15, 0.2) is 22.8 Å². The third kappa shape index (κ3) is 4.92. The van der Waals surface area contributed by atoms with E-state index in [0.29, 0.717) is 16.9 Å². The first-order chi connectivity index (χ1) is 7.13. The number of nitrogens with two attached hydrogens (primary N) is 1. The topological polar surface area (TPSA) is 65.2 Å². The maximum Gasteiger partial charge on any atom is 0.307 e. The third-order valence-electron chi connectivity index (χ3n) is 1.81. The monoisotopic (exact) mass is 308 g/mol. The fraction of sp³-hybridized carbons (Fsp3) is 0.400.